The third kappa shape index (κ3) is 4.35. The monoisotopic (exact) mass is 308 g/mol. The molecule has 3 nitrogen and oxygen atoms in total. The van der Waals surface area contributed by atoms with Crippen molar-refractivity contribution in [2.24, 2.45) is 0 Å². The zero-order valence-corrected chi connectivity index (χ0v) is 13.2. The van der Waals surface area contributed by atoms with Gasteiger partial charge in [-0.2, -0.15) is 0 Å². The summed E-state index contributed by atoms with van der Waals surface area (Å²) in [5, 5.41) is 0. The Bertz CT molecular complexity index is 685. The van der Waals surface area contributed by atoms with Crippen LogP contribution in [0.4, 0.5) is 0 Å². The van der Waals surface area contributed by atoms with Crippen molar-refractivity contribution in [1.29, 1.82) is 0 Å². The highest BCUT2D eigenvalue weighted by Gasteiger charge is 2.39. The summed E-state index contributed by atoms with van der Waals surface area (Å²) in [5.74, 6) is 7.04. The molecule has 1 aliphatic rings. The molecule has 2 aromatic rings. The Balaban J connectivity index is 1.36. The summed E-state index contributed by atoms with van der Waals surface area (Å²) < 4.78 is 16.5. The highest BCUT2D eigenvalue weighted by molar-refractivity contribution is 5.45. The highest BCUT2D eigenvalue weighted by atomic mass is 16.6. The Morgan fingerprint density at radius 3 is 2.65 bits per heavy atom. The van der Waals surface area contributed by atoms with Crippen LogP contribution in [0.1, 0.15) is 23.7 Å². The molecular weight excluding hydrogens is 288 g/mol. The molecule has 3 heteroatoms. The van der Waals surface area contributed by atoms with Gasteiger partial charge in [0.15, 0.2) is 0 Å². The van der Waals surface area contributed by atoms with Crippen LogP contribution in [0.3, 0.4) is 0 Å². The van der Waals surface area contributed by atoms with Crippen molar-refractivity contribution in [3.63, 3.8) is 0 Å². The second-order valence-corrected chi connectivity index (χ2v) is 5.33. The number of benzene rings is 2. The number of epoxide rings is 1. The van der Waals surface area contributed by atoms with E-state index in [0.29, 0.717) is 19.6 Å². The summed E-state index contributed by atoms with van der Waals surface area (Å²) in [6.07, 6.45) is 1.07. The second-order valence-electron chi connectivity index (χ2n) is 5.33. The van der Waals surface area contributed by atoms with E-state index in [1.807, 2.05) is 42.5 Å². The topological polar surface area (TPSA) is 31.0 Å². The van der Waals surface area contributed by atoms with E-state index in [9.17, 15) is 0 Å². The first-order valence-electron chi connectivity index (χ1n) is 7.78. The zero-order valence-electron chi connectivity index (χ0n) is 13.2. The van der Waals surface area contributed by atoms with Gasteiger partial charge in [-0.3, -0.25) is 0 Å². The van der Waals surface area contributed by atoms with E-state index in [4.69, 9.17) is 14.2 Å². The summed E-state index contributed by atoms with van der Waals surface area (Å²) in [7, 11) is 1.66. The Labute approximate surface area is 137 Å². The van der Waals surface area contributed by atoms with Crippen LogP contribution in [0.2, 0.25) is 0 Å². The number of hydrogen-bond acceptors (Lipinski definition) is 3. The molecule has 2 atom stereocenters. The minimum atomic E-state index is 0.180. The third-order valence-electron chi connectivity index (χ3n) is 3.69. The number of rotatable bonds is 6. The van der Waals surface area contributed by atoms with Gasteiger partial charge in [0.1, 0.15) is 18.0 Å². The summed E-state index contributed by atoms with van der Waals surface area (Å²) in [5.41, 5.74) is 2.13. The normalized spacial score (nSPS) is 18.8. The SMILES string of the molecule is COc1ccccc1C#CCCOCC1OC1c1ccccc1. The van der Waals surface area contributed by atoms with E-state index in [1.54, 1.807) is 7.11 Å². The molecule has 23 heavy (non-hydrogen) atoms. The lowest BCUT2D eigenvalue weighted by atomic mass is 10.1. The molecule has 2 aromatic carbocycles. The summed E-state index contributed by atoms with van der Waals surface area (Å²) in [6.45, 7) is 1.24. The van der Waals surface area contributed by atoms with Gasteiger partial charge in [-0.15, -0.1) is 0 Å². The predicted molar refractivity (Wildman–Crippen MR) is 89.4 cm³/mol. The first-order chi connectivity index (χ1) is 11.4. The molecule has 0 aromatic heterocycles. The van der Waals surface area contributed by atoms with Crippen LogP contribution in [0, 0.1) is 11.8 Å². The van der Waals surface area contributed by atoms with Gasteiger partial charge in [0.25, 0.3) is 0 Å². The maximum atomic E-state index is 5.65. The van der Waals surface area contributed by atoms with E-state index >= 15 is 0 Å². The molecule has 1 saturated heterocycles. The molecule has 0 saturated carbocycles. The lowest BCUT2D eigenvalue weighted by Gasteiger charge is -2.01. The Hall–Kier alpha value is -2.28. The molecule has 1 fully saturated rings. The van der Waals surface area contributed by atoms with Crippen molar-refractivity contribution < 1.29 is 14.2 Å². The van der Waals surface area contributed by atoms with Gasteiger partial charge in [0, 0.05) is 6.42 Å². The fraction of sp³-hybridized carbons (Fsp3) is 0.300. The number of hydrogen-bond donors (Lipinski definition) is 0. The number of para-hydroxylation sites is 1. The van der Waals surface area contributed by atoms with Crippen molar-refractivity contribution in [2.45, 2.75) is 18.6 Å². The molecular formula is C20H20O3. The van der Waals surface area contributed by atoms with E-state index in [0.717, 1.165) is 11.3 Å². The van der Waals surface area contributed by atoms with E-state index in [-0.39, 0.29) is 12.2 Å². The van der Waals surface area contributed by atoms with E-state index in [1.165, 1.54) is 5.56 Å². The largest absolute Gasteiger partial charge is 0.495 e. The lowest BCUT2D eigenvalue weighted by Crippen LogP contribution is -2.03. The van der Waals surface area contributed by atoms with Gasteiger partial charge in [-0.05, 0) is 17.7 Å². The zero-order chi connectivity index (χ0) is 15.9. The van der Waals surface area contributed by atoms with Gasteiger partial charge in [0.2, 0.25) is 0 Å². The Kier molecular flexibility index (Phi) is 5.31. The van der Waals surface area contributed by atoms with Gasteiger partial charge in [-0.1, -0.05) is 54.3 Å². The van der Waals surface area contributed by atoms with Crippen molar-refractivity contribution in [3.05, 3.63) is 65.7 Å². The molecule has 118 valence electrons. The quantitative estimate of drug-likeness (QED) is 0.464. The molecule has 0 bridgehead atoms. The standard InChI is InChI=1S/C20H20O3/c1-21-18-13-6-5-9-16(18)10-7-8-14-22-15-19-20(23-19)17-11-3-2-4-12-17/h2-6,9,11-13,19-20H,8,14-15H2,1H3. The van der Waals surface area contributed by atoms with E-state index < -0.39 is 0 Å². The molecule has 2 unspecified atom stereocenters. The van der Waals surface area contributed by atoms with Crippen LogP contribution in [0.15, 0.2) is 54.6 Å². The van der Waals surface area contributed by atoms with Crippen molar-refractivity contribution in [3.8, 4) is 17.6 Å². The average Bonchev–Trinajstić information content (AvgIpc) is 3.38. The van der Waals surface area contributed by atoms with Crippen LogP contribution in [-0.2, 0) is 9.47 Å². The molecule has 0 radical (unpaired) electrons. The van der Waals surface area contributed by atoms with Crippen LogP contribution >= 0.6 is 0 Å². The molecule has 1 heterocycles. The van der Waals surface area contributed by atoms with Crippen LogP contribution in [-0.4, -0.2) is 26.4 Å². The molecule has 0 aliphatic carbocycles. The first kappa shape index (κ1) is 15.6. The predicted octanol–water partition coefficient (Wildman–Crippen LogP) is 3.59. The summed E-state index contributed by atoms with van der Waals surface area (Å²) in [4.78, 5) is 0. The van der Waals surface area contributed by atoms with Gasteiger partial charge >= 0.3 is 0 Å². The fourth-order valence-corrected chi connectivity index (χ4v) is 2.43. The minimum absolute atomic E-state index is 0.180. The number of ether oxygens (including phenoxy) is 3. The summed E-state index contributed by atoms with van der Waals surface area (Å²) >= 11 is 0. The third-order valence-corrected chi connectivity index (χ3v) is 3.69. The lowest BCUT2D eigenvalue weighted by molar-refractivity contribution is 0.121. The van der Waals surface area contributed by atoms with Gasteiger partial charge in [-0.25, -0.2) is 0 Å². The maximum absolute atomic E-state index is 5.65. The average molecular weight is 308 g/mol. The van der Waals surface area contributed by atoms with Gasteiger partial charge in [0.05, 0.1) is 25.9 Å². The molecule has 0 N–H and O–H groups in total. The molecule has 0 spiro atoms. The van der Waals surface area contributed by atoms with Crippen molar-refractivity contribution in [1.82, 2.24) is 0 Å². The van der Waals surface area contributed by atoms with E-state index in [2.05, 4.69) is 24.0 Å². The van der Waals surface area contributed by atoms with Gasteiger partial charge < -0.3 is 14.2 Å². The minimum Gasteiger partial charge on any atom is -0.495 e. The van der Waals surface area contributed by atoms with Crippen molar-refractivity contribution in [2.75, 3.05) is 20.3 Å². The maximum Gasteiger partial charge on any atom is 0.134 e. The molecule has 1 aliphatic heterocycles. The van der Waals surface area contributed by atoms with Crippen LogP contribution in [0.5, 0.6) is 5.75 Å². The number of methoxy groups -OCH3 is 1. The first-order valence-corrected chi connectivity index (χ1v) is 7.78. The summed E-state index contributed by atoms with van der Waals surface area (Å²) in [6, 6.07) is 18.0. The Morgan fingerprint density at radius 1 is 1.04 bits per heavy atom. The molecule has 3 rings (SSSR count). The highest BCUT2D eigenvalue weighted by Crippen LogP contribution is 2.38. The second kappa shape index (κ2) is 7.82. The fourth-order valence-electron chi connectivity index (χ4n) is 2.43. The van der Waals surface area contributed by atoms with Crippen LogP contribution < -0.4 is 4.74 Å². The molecule has 0 amide bonds. The Morgan fingerprint density at radius 2 is 1.83 bits per heavy atom. The smallest absolute Gasteiger partial charge is 0.134 e. The van der Waals surface area contributed by atoms with Crippen LogP contribution in [0.25, 0.3) is 0 Å². The van der Waals surface area contributed by atoms with Crippen molar-refractivity contribution >= 4 is 0 Å².